The monoisotopic (exact) mass is 452 g/mol. The molecule has 2 rings (SSSR count). The van der Waals surface area contributed by atoms with Crippen LogP contribution < -0.4 is 21.3 Å². The van der Waals surface area contributed by atoms with Gasteiger partial charge in [-0.05, 0) is 16.7 Å². The lowest BCUT2D eigenvalue weighted by molar-refractivity contribution is -0.138. The summed E-state index contributed by atoms with van der Waals surface area (Å²) in [6.45, 7) is 3.58. The topological polar surface area (TPSA) is 137 Å². The summed E-state index contributed by atoms with van der Waals surface area (Å²) in [6.07, 6.45) is 1.22. The molecule has 4 amide bonds. The largest absolute Gasteiger partial charge is 0.481 e. The van der Waals surface area contributed by atoms with E-state index >= 15 is 0 Å². The Morgan fingerprint density at radius 3 is 2.18 bits per heavy atom. The molecule has 0 aliphatic carbocycles. The summed E-state index contributed by atoms with van der Waals surface area (Å²) < 4.78 is 0. The number of hydrogen-bond donors (Lipinski definition) is 5. The van der Waals surface area contributed by atoms with Crippen molar-refractivity contribution in [1.82, 2.24) is 21.3 Å². The first kappa shape index (κ1) is 25.1. The van der Waals surface area contributed by atoms with E-state index in [2.05, 4.69) is 27.8 Å². The highest BCUT2D eigenvalue weighted by Crippen LogP contribution is 2.23. The lowest BCUT2D eigenvalue weighted by Crippen LogP contribution is -2.41. The molecule has 0 radical (unpaired) electrons. The molecule has 0 aliphatic rings. The van der Waals surface area contributed by atoms with Crippen molar-refractivity contribution in [3.63, 3.8) is 0 Å². The van der Waals surface area contributed by atoms with Gasteiger partial charge in [-0.25, -0.2) is 4.79 Å². The maximum atomic E-state index is 12.3. The molecule has 5 N–H and O–H groups in total. The third-order valence-electron chi connectivity index (χ3n) is 4.62. The van der Waals surface area contributed by atoms with Gasteiger partial charge < -0.3 is 26.4 Å². The van der Waals surface area contributed by atoms with Gasteiger partial charge in [0.15, 0.2) is 0 Å². The zero-order valence-electron chi connectivity index (χ0n) is 18.2. The summed E-state index contributed by atoms with van der Waals surface area (Å²) in [5.41, 5.74) is 2.64. The Morgan fingerprint density at radius 1 is 0.879 bits per heavy atom. The quantitative estimate of drug-likeness (QED) is 0.314. The van der Waals surface area contributed by atoms with Crippen LogP contribution in [0.5, 0.6) is 0 Å². The fraction of sp³-hybridized carbons (Fsp3) is 0.250. The Labute approximate surface area is 192 Å². The first-order valence-electron chi connectivity index (χ1n) is 10.4. The highest BCUT2D eigenvalue weighted by molar-refractivity contribution is 5.85. The Kier molecular flexibility index (Phi) is 10.1. The lowest BCUT2D eigenvalue weighted by atomic mass is 9.99. The summed E-state index contributed by atoms with van der Waals surface area (Å²) in [4.78, 5) is 46.8. The van der Waals surface area contributed by atoms with Crippen molar-refractivity contribution < 1.29 is 24.3 Å². The van der Waals surface area contributed by atoms with E-state index < -0.39 is 29.9 Å². The predicted molar refractivity (Wildman–Crippen MR) is 124 cm³/mol. The molecular weight excluding hydrogens is 424 g/mol. The fourth-order valence-corrected chi connectivity index (χ4v) is 2.99. The van der Waals surface area contributed by atoms with Gasteiger partial charge in [-0.3, -0.25) is 14.4 Å². The minimum Gasteiger partial charge on any atom is -0.481 e. The van der Waals surface area contributed by atoms with Crippen LogP contribution in [-0.2, 0) is 14.4 Å². The van der Waals surface area contributed by atoms with Gasteiger partial charge in [0, 0.05) is 19.5 Å². The van der Waals surface area contributed by atoms with Crippen molar-refractivity contribution in [1.29, 1.82) is 0 Å². The van der Waals surface area contributed by atoms with Crippen molar-refractivity contribution in [2.45, 2.75) is 18.9 Å². The number of carbonyl (C=O) groups is 4. The molecule has 0 saturated heterocycles. The molecule has 1 unspecified atom stereocenters. The molecule has 2 aromatic carbocycles. The van der Waals surface area contributed by atoms with Crippen LogP contribution in [0, 0.1) is 0 Å². The van der Waals surface area contributed by atoms with Gasteiger partial charge in [0.1, 0.15) is 0 Å². The number of carboxylic acid groups (broad SMARTS) is 1. The van der Waals surface area contributed by atoms with E-state index in [9.17, 15) is 24.3 Å². The zero-order chi connectivity index (χ0) is 24.1. The second-order valence-electron chi connectivity index (χ2n) is 7.16. The molecule has 0 heterocycles. The molecule has 0 spiro atoms. The number of hydrogen-bond acceptors (Lipinski definition) is 4. The van der Waals surface area contributed by atoms with Gasteiger partial charge in [0.05, 0.1) is 19.0 Å². The van der Waals surface area contributed by atoms with E-state index in [-0.39, 0.29) is 25.9 Å². The molecule has 1 atom stereocenters. The van der Waals surface area contributed by atoms with Gasteiger partial charge in [-0.1, -0.05) is 60.7 Å². The average molecular weight is 453 g/mol. The SMILES string of the molecule is C=CCNC(=O)NCCC(=O)NCC(=O)NC(CC(=O)O)c1ccc(-c2ccccc2)cc1. The number of urea groups is 1. The minimum atomic E-state index is -1.06. The van der Waals surface area contributed by atoms with Crippen molar-refractivity contribution in [2.24, 2.45) is 0 Å². The predicted octanol–water partition coefficient (Wildman–Crippen LogP) is 1.98. The Bertz CT molecular complexity index is 961. The highest BCUT2D eigenvalue weighted by atomic mass is 16.4. The number of aliphatic carboxylic acids is 1. The first-order chi connectivity index (χ1) is 15.9. The van der Waals surface area contributed by atoms with Crippen LogP contribution in [0.3, 0.4) is 0 Å². The average Bonchev–Trinajstić information content (AvgIpc) is 2.81. The van der Waals surface area contributed by atoms with Gasteiger partial charge in [0.2, 0.25) is 11.8 Å². The van der Waals surface area contributed by atoms with Crippen LogP contribution in [0.25, 0.3) is 11.1 Å². The Balaban J connectivity index is 1.86. The molecule has 2 aromatic rings. The van der Waals surface area contributed by atoms with Gasteiger partial charge in [-0.2, -0.15) is 0 Å². The molecule has 0 aliphatic heterocycles. The summed E-state index contributed by atoms with van der Waals surface area (Å²) in [5.74, 6) is -1.99. The van der Waals surface area contributed by atoms with Crippen LogP contribution in [0.1, 0.15) is 24.4 Å². The Hall–Kier alpha value is -4.14. The summed E-state index contributed by atoms with van der Waals surface area (Å²) in [7, 11) is 0. The van der Waals surface area contributed by atoms with Gasteiger partial charge >= 0.3 is 12.0 Å². The number of nitrogens with one attached hydrogen (secondary N) is 4. The number of benzene rings is 2. The third-order valence-corrected chi connectivity index (χ3v) is 4.62. The molecule has 9 nitrogen and oxygen atoms in total. The minimum absolute atomic E-state index is 0.00566. The molecule has 0 saturated carbocycles. The van der Waals surface area contributed by atoms with Crippen LogP contribution in [0.15, 0.2) is 67.3 Å². The van der Waals surface area contributed by atoms with Crippen LogP contribution in [0.2, 0.25) is 0 Å². The zero-order valence-corrected chi connectivity index (χ0v) is 18.2. The molecule has 0 fully saturated rings. The normalized spacial score (nSPS) is 11.0. The van der Waals surface area contributed by atoms with Crippen molar-refractivity contribution in [3.05, 3.63) is 72.8 Å². The van der Waals surface area contributed by atoms with E-state index in [0.717, 1.165) is 11.1 Å². The molecular formula is C24H28N4O5. The number of amides is 4. The van der Waals surface area contributed by atoms with Crippen LogP contribution >= 0.6 is 0 Å². The molecule has 33 heavy (non-hydrogen) atoms. The van der Waals surface area contributed by atoms with E-state index in [1.807, 2.05) is 42.5 Å². The summed E-state index contributed by atoms with van der Waals surface area (Å²) in [6, 6.07) is 15.8. The maximum absolute atomic E-state index is 12.3. The second kappa shape index (κ2) is 13.3. The van der Waals surface area contributed by atoms with Gasteiger partial charge in [-0.15, -0.1) is 6.58 Å². The van der Waals surface area contributed by atoms with Gasteiger partial charge in [0.25, 0.3) is 0 Å². The van der Waals surface area contributed by atoms with E-state index in [1.54, 1.807) is 12.1 Å². The van der Waals surface area contributed by atoms with Crippen molar-refractivity contribution in [3.8, 4) is 11.1 Å². The smallest absolute Gasteiger partial charge is 0.315 e. The number of rotatable bonds is 12. The first-order valence-corrected chi connectivity index (χ1v) is 10.4. The van der Waals surface area contributed by atoms with Crippen molar-refractivity contribution >= 4 is 23.8 Å². The molecule has 174 valence electrons. The standard InChI is InChI=1S/C24H28N4O5/c1-2-13-25-24(33)26-14-12-21(29)27-16-22(30)28-20(15-23(31)32)19-10-8-18(9-11-19)17-6-4-3-5-7-17/h2-11,20H,1,12-16H2,(H,27,29)(H,28,30)(H,31,32)(H2,25,26,33). The molecule has 0 aromatic heterocycles. The second-order valence-corrected chi connectivity index (χ2v) is 7.16. The summed E-state index contributed by atoms with van der Waals surface area (Å²) in [5, 5.41) is 19.4. The van der Waals surface area contributed by atoms with E-state index in [4.69, 9.17) is 0 Å². The fourth-order valence-electron chi connectivity index (χ4n) is 2.99. The van der Waals surface area contributed by atoms with Crippen LogP contribution in [-0.4, -0.2) is 48.6 Å². The lowest BCUT2D eigenvalue weighted by Gasteiger charge is -2.18. The van der Waals surface area contributed by atoms with Crippen LogP contribution in [0.4, 0.5) is 4.79 Å². The third kappa shape index (κ3) is 9.26. The summed E-state index contributed by atoms with van der Waals surface area (Å²) >= 11 is 0. The number of carbonyl (C=O) groups excluding carboxylic acids is 3. The van der Waals surface area contributed by atoms with Crippen molar-refractivity contribution in [2.75, 3.05) is 19.6 Å². The number of carboxylic acids is 1. The highest BCUT2D eigenvalue weighted by Gasteiger charge is 2.18. The Morgan fingerprint density at radius 2 is 1.55 bits per heavy atom. The maximum Gasteiger partial charge on any atom is 0.315 e. The van der Waals surface area contributed by atoms with E-state index in [0.29, 0.717) is 12.1 Å². The van der Waals surface area contributed by atoms with E-state index in [1.165, 1.54) is 6.08 Å². The molecule has 9 heteroatoms. The molecule has 0 bridgehead atoms.